The fourth-order valence-corrected chi connectivity index (χ4v) is 4.74. The van der Waals surface area contributed by atoms with Crippen molar-refractivity contribution in [3.8, 4) is 5.75 Å². The van der Waals surface area contributed by atoms with E-state index in [0.29, 0.717) is 17.7 Å². The Labute approximate surface area is 206 Å². The zero-order valence-electron chi connectivity index (χ0n) is 18.3. The number of para-hydroxylation sites is 1. The number of hydrogen-bond donors (Lipinski definition) is 2. The van der Waals surface area contributed by atoms with Gasteiger partial charge in [-0.3, -0.25) is 9.59 Å². The van der Waals surface area contributed by atoms with E-state index in [9.17, 15) is 18.0 Å². The SMILES string of the molecule is COc1ccccc1CCNS(=O)(=O)c1cc(NC(=O)Cn2ncc(Cl)c(Cl)c2=O)ccc1C. The quantitative estimate of drug-likeness (QED) is 0.443. The molecule has 34 heavy (non-hydrogen) atoms. The van der Waals surface area contributed by atoms with Crippen LogP contribution in [0.1, 0.15) is 11.1 Å². The molecule has 1 aromatic heterocycles. The number of ether oxygens (including phenoxy) is 1. The normalized spacial score (nSPS) is 11.3. The zero-order valence-corrected chi connectivity index (χ0v) is 20.7. The minimum Gasteiger partial charge on any atom is -0.496 e. The maximum Gasteiger partial charge on any atom is 0.287 e. The third kappa shape index (κ3) is 6.15. The van der Waals surface area contributed by atoms with Crippen molar-refractivity contribution in [1.82, 2.24) is 14.5 Å². The van der Waals surface area contributed by atoms with Crippen molar-refractivity contribution in [1.29, 1.82) is 0 Å². The Morgan fingerprint density at radius 3 is 2.65 bits per heavy atom. The Hall–Kier alpha value is -2.92. The molecule has 0 fully saturated rings. The largest absolute Gasteiger partial charge is 0.496 e. The first-order valence-electron chi connectivity index (χ1n) is 10.1. The van der Waals surface area contributed by atoms with Gasteiger partial charge < -0.3 is 10.1 Å². The molecular formula is C22H22Cl2N4O5S. The Morgan fingerprint density at radius 1 is 1.18 bits per heavy atom. The van der Waals surface area contributed by atoms with Gasteiger partial charge in [-0.25, -0.2) is 17.8 Å². The number of nitrogens with zero attached hydrogens (tertiary/aromatic N) is 2. The summed E-state index contributed by atoms with van der Waals surface area (Å²) < 4.78 is 34.5. The molecule has 0 aliphatic rings. The van der Waals surface area contributed by atoms with Crippen molar-refractivity contribution >= 4 is 44.8 Å². The number of aryl methyl sites for hydroxylation is 1. The average molecular weight is 525 g/mol. The monoisotopic (exact) mass is 524 g/mol. The number of carbonyl (C=O) groups is 1. The van der Waals surface area contributed by atoms with Crippen LogP contribution >= 0.6 is 23.2 Å². The van der Waals surface area contributed by atoms with Gasteiger partial charge in [0.05, 0.1) is 23.2 Å². The first kappa shape index (κ1) is 25.7. The van der Waals surface area contributed by atoms with E-state index < -0.39 is 28.0 Å². The van der Waals surface area contributed by atoms with Crippen molar-refractivity contribution < 1.29 is 17.9 Å². The topological polar surface area (TPSA) is 119 Å². The number of rotatable bonds is 9. The van der Waals surface area contributed by atoms with Gasteiger partial charge in [-0.2, -0.15) is 5.10 Å². The highest BCUT2D eigenvalue weighted by Gasteiger charge is 2.18. The van der Waals surface area contributed by atoms with E-state index in [1.54, 1.807) is 26.2 Å². The van der Waals surface area contributed by atoms with Crippen LogP contribution in [0.3, 0.4) is 0 Å². The number of methoxy groups -OCH3 is 1. The predicted molar refractivity (Wildman–Crippen MR) is 130 cm³/mol. The lowest BCUT2D eigenvalue weighted by molar-refractivity contribution is -0.117. The van der Waals surface area contributed by atoms with E-state index in [-0.39, 0.29) is 27.2 Å². The molecule has 180 valence electrons. The van der Waals surface area contributed by atoms with Crippen LogP contribution in [0.15, 0.2) is 58.4 Å². The minimum atomic E-state index is -3.86. The molecular weight excluding hydrogens is 503 g/mol. The highest BCUT2D eigenvalue weighted by atomic mass is 35.5. The summed E-state index contributed by atoms with van der Waals surface area (Å²) in [6.07, 6.45) is 1.59. The van der Waals surface area contributed by atoms with E-state index >= 15 is 0 Å². The number of nitrogens with one attached hydrogen (secondary N) is 2. The molecule has 0 spiro atoms. The molecule has 0 radical (unpaired) electrons. The molecule has 1 amide bonds. The van der Waals surface area contributed by atoms with Crippen molar-refractivity contribution in [2.75, 3.05) is 19.0 Å². The van der Waals surface area contributed by atoms with Crippen molar-refractivity contribution in [2.45, 2.75) is 24.8 Å². The van der Waals surface area contributed by atoms with Gasteiger partial charge in [0.15, 0.2) is 0 Å². The van der Waals surface area contributed by atoms with E-state index in [1.165, 1.54) is 6.07 Å². The van der Waals surface area contributed by atoms with E-state index in [4.69, 9.17) is 27.9 Å². The summed E-state index contributed by atoms with van der Waals surface area (Å²) in [5.74, 6) is 0.0856. The number of benzene rings is 2. The number of amides is 1. The fourth-order valence-electron chi connectivity index (χ4n) is 3.17. The van der Waals surface area contributed by atoms with Crippen LogP contribution in [0, 0.1) is 6.92 Å². The second-order valence-electron chi connectivity index (χ2n) is 7.26. The zero-order chi connectivity index (χ0) is 24.9. The van der Waals surface area contributed by atoms with Crippen LogP contribution in [-0.2, 0) is 27.8 Å². The molecule has 3 aromatic rings. The van der Waals surface area contributed by atoms with Crippen LogP contribution in [0.2, 0.25) is 10.0 Å². The lowest BCUT2D eigenvalue weighted by atomic mass is 10.1. The maximum absolute atomic E-state index is 12.9. The first-order chi connectivity index (χ1) is 16.1. The van der Waals surface area contributed by atoms with Crippen molar-refractivity contribution in [2.24, 2.45) is 0 Å². The molecule has 0 saturated heterocycles. The van der Waals surface area contributed by atoms with Crippen molar-refractivity contribution in [3.63, 3.8) is 0 Å². The second kappa shape index (κ2) is 11.0. The minimum absolute atomic E-state index is 0.0186. The Balaban J connectivity index is 1.70. The summed E-state index contributed by atoms with van der Waals surface area (Å²) in [5, 5.41) is 6.08. The predicted octanol–water partition coefficient (Wildman–Crippen LogP) is 3.03. The van der Waals surface area contributed by atoms with Gasteiger partial charge in [0.1, 0.15) is 17.3 Å². The van der Waals surface area contributed by atoms with Crippen LogP contribution < -0.4 is 20.3 Å². The summed E-state index contributed by atoms with van der Waals surface area (Å²) in [4.78, 5) is 24.5. The molecule has 0 bridgehead atoms. The lowest BCUT2D eigenvalue weighted by Gasteiger charge is -2.13. The molecule has 2 aromatic carbocycles. The summed E-state index contributed by atoms with van der Waals surface area (Å²) in [5.41, 5.74) is 0.909. The Kier molecular flexibility index (Phi) is 8.32. The second-order valence-corrected chi connectivity index (χ2v) is 9.78. The van der Waals surface area contributed by atoms with Gasteiger partial charge >= 0.3 is 0 Å². The molecule has 1 heterocycles. The van der Waals surface area contributed by atoms with E-state index in [0.717, 1.165) is 16.4 Å². The lowest BCUT2D eigenvalue weighted by Crippen LogP contribution is -2.30. The third-order valence-electron chi connectivity index (χ3n) is 4.88. The third-order valence-corrected chi connectivity index (χ3v) is 7.23. The van der Waals surface area contributed by atoms with Crippen LogP contribution in [0.25, 0.3) is 0 Å². The highest BCUT2D eigenvalue weighted by Crippen LogP contribution is 2.21. The van der Waals surface area contributed by atoms with E-state index in [1.807, 2.05) is 24.3 Å². The average Bonchev–Trinajstić information content (AvgIpc) is 2.81. The number of carbonyl (C=O) groups excluding carboxylic acids is 1. The summed E-state index contributed by atoms with van der Waals surface area (Å²) >= 11 is 11.5. The van der Waals surface area contributed by atoms with Crippen LogP contribution in [-0.4, -0.2) is 37.8 Å². The maximum atomic E-state index is 12.9. The molecule has 0 aliphatic carbocycles. The summed E-state index contributed by atoms with van der Waals surface area (Å²) in [7, 11) is -2.30. The van der Waals surface area contributed by atoms with Crippen molar-refractivity contribution in [3.05, 3.63) is 80.2 Å². The molecule has 9 nitrogen and oxygen atoms in total. The van der Waals surface area contributed by atoms with Gasteiger partial charge in [-0.05, 0) is 42.7 Å². The molecule has 0 atom stereocenters. The highest BCUT2D eigenvalue weighted by molar-refractivity contribution is 7.89. The molecule has 0 unspecified atom stereocenters. The Morgan fingerprint density at radius 2 is 1.91 bits per heavy atom. The van der Waals surface area contributed by atoms with Gasteiger partial charge in [0, 0.05) is 12.2 Å². The van der Waals surface area contributed by atoms with Crippen LogP contribution in [0.4, 0.5) is 5.69 Å². The molecule has 0 aliphatic heterocycles. The van der Waals surface area contributed by atoms with Gasteiger partial charge in [-0.1, -0.05) is 47.5 Å². The molecule has 2 N–H and O–H groups in total. The smallest absolute Gasteiger partial charge is 0.287 e. The number of sulfonamides is 1. The number of halogens is 2. The standard InChI is InChI=1S/C22H22Cl2N4O5S/c1-14-7-8-16(27-20(29)13-28-22(30)21(24)17(23)12-25-28)11-19(14)34(31,32)26-10-9-15-5-3-4-6-18(15)33-2/h3-8,11-12,26H,9-10,13H2,1-2H3,(H,27,29). The molecule has 3 rings (SSSR count). The fraction of sp³-hybridized carbons (Fsp3) is 0.227. The van der Waals surface area contributed by atoms with Gasteiger partial charge in [0.2, 0.25) is 15.9 Å². The number of aromatic nitrogens is 2. The van der Waals surface area contributed by atoms with E-state index in [2.05, 4.69) is 15.1 Å². The van der Waals surface area contributed by atoms with Gasteiger partial charge in [-0.15, -0.1) is 0 Å². The Bertz CT molecular complexity index is 1380. The van der Waals surface area contributed by atoms with Gasteiger partial charge in [0.25, 0.3) is 5.56 Å². The van der Waals surface area contributed by atoms with Crippen LogP contribution in [0.5, 0.6) is 5.75 Å². The first-order valence-corrected chi connectivity index (χ1v) is 12.3. The molecule has 0 saturated carbocycles. The number of hydrogen-bond acceptors (Lipinski definition) is 6. The summed E-state index contributed by atoms with van der Waals surface area (Å²) in [6, 6.07) is 11.8. The number of anilines is 1. The molecule has 12 heteroatoms. The summed E-state index contributed by atoms with van der Waals surface area (Å²) in [6.45, 7) is 1.38.